The summed E-state index contributed by atoms with van der Waals surface area (Å²) in [7, 11) is 3.06. The van der Waals surface area contributed by atoms with E-state index < -0.39 is 23.4 Å². The van der Waals surface area contributed by atoms with Crippen molar-refractivity contribution in [2.24, 2.45) is 5.41 Å². The lowest BCUT2D eigenvalue weighted by Gasteiger charge is -2.35. The average Bonchev–Trinajstić information content (AvgIpc) is 3.23. The molecule has 0 amide bonds. The number of carbonyl (C=O) groups is 1. The fraction of sp³-hybridized carbons (Fsp3) is 0.207. The molecule has 1 saturated heterocycles. The first kappa shape index (κ1) is 23.5. The highest BCUT2D eigenvalue weighted by molar-refractivity contribution is 6.30. The lowest BCUT2D eigenvalue weighted by Crippen LogP contribution is -2.44. The molecule has 1 fully saturated rings. The zero-order valence-corrected chi connectivity index (χ0v) is 20.4. The summed E-state index contributed by atoms with van der Waals surface area (Å²) in [5, 5.41) is 21.7. The van der Waals surface area contributed by atoms with E-state index >= 15 is 0 Å². The zero-order chi connectivity index (χ0) is 25.4. The van der Waals surface area contributed by atoms with E-state index in [-0.39, 0.29) is 5.78 Å². The van der Waals surface area contributed by atoms with Crippen LogP contribution in [0.3, 0.4) is 0 Å². The van der Waals surface area contributed by atoms with Crippen molar-refractivity contribution in [1.29, 1.82) is 10.5 Å². The molecule has 0 bridgehead atoms. The molecular formula is C29H22ClN3O3. The van der Waals surface area contributed by atoms with Gasteiger partial charge in [-0.05, 0) is 41.5 Å². The van der Waals surface area contributed by atoms with Gasteiger partial charge in [0.1, 0.15) is 6.04 Å². The second-order valence-corrected chi connectivity index (χ2v) is 9.21. The lowest BCUT2D eigenvalue weighted by molar-refractivity contribution is 0.0951. The minimum absolute atomic E-state index is 0.177. The summed E-state index contributed by atoms with van der Waals surface area (Å²) in [4.78, 5) is 16.1. The van der Waals surface area contributed by atoms with Gasteiger partial charge in [-0.15, -0.1) is 0 Å². The van der Waals surface area contributed by atoms with E-state index in [2.05, 4.69) is 12.1 Å². The van der Waals surface area contributed by atoms with Crippen LogP contribution in [0.25, 0.3) is 6.08 Å². The molecule has 0 unspecified atom stereocenters. The van der Waals surface area contributed by atoms with E-state index in [1.165, 1.54) is 14.2 Å². The maximum atomic E-state index is 14.2. The number of ether oxygens (including phenoxy) is 2. The van der Waals surface area contributed by atoms with Crippen LogP contribution in [0.1, 0.15) is 27.4 Å². The second kappa shape index (κ2) is 9.07. The Morgan fingerprint density at radius 3 is 2.36 bits per heavy atom. The van der Waals surface area contributed by atoms with Crippen LogP contribution in [0.4, 0.5) is 5.69 Å². The van der Waals surface area contributed by atoms with Crippen molar-refractivity contribution in [2.75, 3.05) is 19.1 Å². The van der Waals surface area contributed by atoms with Gasteiger partial charge in [-0.2, -0.15) is 10.5 Å². The number of carbonyl (C=O) groups excluding carboxylic acids is 1. The number of anilines is 1. The number of benzene rings is 3. The summed E-state index contributed by atoms with van der Waals surface area (Å²) in [6.45, 7) is 0. The third-order valence-electron chi connectivity index (χ3n) is 7.06. The first-order valence-electron chi connectivity index (χ1n) is 11.4. The Morgan fingerprint density at radius 2 is 1.69 bits per heavy atom. The minimum Gasteiger partial charge on any atom is -0.493 e. The monoisotopic (exact) mass is 495 g/mol. The number of fused-ring (bicyclic) bond motifs is 3. The fourth-order valence-electron chi connectivity index (χ4n) is 5.46. The molecule has 3 aromatic carbocycles. The van der Waals surface area contributed by atoms with E-state index in [1.54, 1.807) is 48.5 Å². The van der Waals surface area contributed by atoms with Crippen molar-refractivity contribution in [2.45, 2.75) is 18.0 Å². The maximum absolute atomic E-state index is 14.2. The van der Waals surface area contributed by atoms with Crippen LogP contribution < -0.4 is 14.4 Å². The number of hydrogen-bond acceptors (Lipinski definition) is 6. The third-order valence-corrected chi connectivity index (χ3v) is 7.30. The van der Waals surface area contributed by atoms with Crippen molar-refractivity contribution in [3.63, 3.8) is 0 Å². The van der Waals surface area contributed by atoms with Gasteiger partial charge >= 0.3 is 0 Å². The molecule has 3 atom stereocenters. The van der Waals surface area contributed by atoms with Crippen LogP contribution in [0.15, 0.2) is 72.8 Å². The van der Waals surface area contributed by atoms with Gasteiger partial charge in [0.05, 0.1) is 32.4 Å². The van der Waals surface area contributed by atoms with Crippen molar-refractivity contribution < 1.29 is 14.3 Å². The molecule has 5 rings (SSSR count). The number of nitriles is 2. The van der Waals surface area contributed by atoms with Gasteiger partial charge in [0, 0.05) is 22.2 Å². The van der Waals surface area contributed by atoms with Gasteiger partial charge in [0.2, 0.25) is 0 Å². The molecule has 7 heteroatoms. The first-order valence-corrected chi connectivity index (χ1v) is 11.8. The zero-order valence-electron chi connectivity index (χ0n) is 19.7. The highest BCUT2D eigenvalue weighted by Crippen LogP contribution is 2.56. The van der Waals surface area contributed by atoms with Crippen LogP contribution in [0, 0.1) is 28.1 Å². The number of nitrogens with zero attached hydrogens (tertiary/aromatic N) is 3. The van der Waals surface area contributed by atoms with Gasteiger partial charge in [-0.3, -0.25) is 4.79 Å². The smallest absolute Gasteiger partial charge is 0.185 e. The highest BCUT2D eigenvalue weighted by Gasteiger charge is 2.63. The average molecular weight is 496 g/mol. The molecular weight excluding hydrogens is 474 g/mol. The molecule has 2 heterocycles. The first-order chi connectivity index (χ1) is 17.5. The van der Waals surface area contributed by atoms with Gasteiger partial charge in [0.15, 0.2) is 22.7 Å². The second-order valence-electron chi connectivity index (χ2n) is 8.77. The van der Waals surface area contributed by atoms with Gasteiger partial charge in [-0.1, -0.05) is 60.2 Å². The Hall–Kier alpha value is -4.26. The van der Waals surface area contributed by atoms with E-state index in [0.717, 1.165) is 11.3 Å². The summed E-state index contributed by atoms with van der Waals surface area (Å²) in [6.07, 6.45) is 3.70. The normalized spacial score (nSPS) is 21.0. The van der Waals surface area contributed by atoms with Crippen LogP contribution in [-0.4, -0.2) is 32.1 Å². The Labute approximate surface area is 214 Å². The van der Waals surface area contributed by atoms with Crippen LogP contribution >= 0.6 is 11.6 Å². The third kappa shape index (κ3) is 3.42. The number of ketones is 1. The van der Waals surface area contributed by atoms with E-state index in [0.29, 0.717) is 27.6 Å². The summed E-state index contributed by atoms with van der Waals surface area (Å²) in [5.74, 6) is 0.0147. The lowest BCUT2D eigenvalue weighted by atomic mass is 9.69. The molecule has 178 valence electrons. The molecule has 2 aliphatic heterocycles. The van der Waals surface area contributed by atoms with Crippen molar-refractivity contribution in [3.05, 3.63) is 94.5 Å². The molecule has 0 N–H and O–H groups in total. The van der Waals surface area contributed by atoms with Gasteiger partial charge in [0.25, 0.3) is 0 Å². The van der Waals surface area contributed by atoms with Crippen LogP contribution in [0.5, 0.6) is 11.5 Å². The Bertz CT molecular complexity index is 1440. The highest BCUT2D eigenvalue weighted by atomic mass is 35.5. The van der Waals surface area contributed by atoms with Gasteiger partial charge in [-0.25, -0.2) is 0 Å². The number of Topliss-reactive ketones (excluding diaryl/α,β-unsaturated/α-hetero) is 1. The summed E-state index contributed by atoms with van der Waals surface area (Å²) < 4.78 is 10.9. The van der Waals surface area contributed by atoms with E-state index in [9.17, 15) is 15.3 Å². The van der Waals surface area contributed by atoms with E-state index in [4.69, 9.17) is 21.1 Å². The largest absolute Gasteiger partial charge is 0.493 e. The number of halogens is 1. The summed E-state index contributed by atoms with van der Waals surface area (Å²) >= 11 is 6.26. The molecule has 0 spiro atoms. The van der Waals surface area contributed by atoms with Crippen molar-refractivity contribution >= 4 is 29.1 Å². The minimum atomic E-state index is -1.55. The molecule has 3 aromatic rings. The molecule has 0 aromatic heterocycles. The summed E-state index contributed by atoms with van der Waals surface area (Å²) in [6, 6.07) is 22.8. The predicted molar refractivity (Wildman–Crippen MR) is 137 cm³/mol. The molecule has 36 heavy (non-hydrogen) atoms. The predicted octanol–water partition coefficient (Wildman–Crippen LogP) is 5.64. The standard InChI is InChI=1S/C29H22ClN3O3/c1-35-23-12-8-20(15-24(23)36-2)26-27(28(34)18-6-4-3-5-7-18)33-22-11-10-21(30)14-19(22)9-13-25(33)29(26,16-31)17-32/h3-15,25-27H,1-2H3/t25-,26-,27+/m1/s1. The Morgan fingerprint density at radius 1 is 0.972 bits per heavy atom. The van der Waals surface area contributed by atoms with Crippen molar-refractivity contribution in [3.8, 4) is 23.6 Å². The summed E-state index contributed by atoms with van der Waals surface area (Å²) in [5.41, 5.74) is 1.16. The number of rotatable bonds is 5. The SMILES string of the molecule is COc1ccc([C@@H]2[C@@H](C(=O)c3ccccc3)N3c4ccc(Cl)cc4C=C[C@@H]3C2(C#N)C#N)cc1OC. The maximum Gasteiger partial charge on any atom is 0.185 e. The number of methoxy groups -OCH3 is 2. The number of hydrogen-bond donors (Lipinski definition) is 0. The van der Waals surface area contributed by atoms with Crippen molar-refractivity contribution in [1.82, 2.24) is 0 Å². The molecule has 0 saturated carbocycles. The molecule has 2 aliphatic rings. The van der Waals surface area contributed by atoms with Crippen LogP contribution in [-0.2, 0) is 0 Å². The topological polar surface area (TPSA) is 86.4 Å². The molecule has 0 aliphatic carbocycles. The van der Waals surface area contributed by atoms with E-state index in [1.807, 2.05) is 35.3 Å². The Balaban J connectivity index is 1.79. The fourth-order valence-corrected chi connectivity index (χ4v) is 5.64. The molecule has 0 radical (unpaired) electrons. The van der Waals surface area contributed by atoms with Gasteiger partial charge < -0.3 is 14.4 Å². The molecule has 6 nitrogen and oxygen atoms in total. The Kier molecular flexibility index (Phi) is 5.92. The van der Waals surface area contributed by atoms with Crippen LogP contribution in [0.2, 0.25) is 5.02 Å². The quantitative estimate of drug-likeness (QED) is 0.426.